The Morgan fingerprint density at radius 3 is 2.58 bits per heavy atom. The smallest absolute Gasteiger partial charge is 0.230 e. The molecule has 0 bridgehead atoms. The number of pyridine rings is 1. The average Bonchev–Trinajstić information content (AvgIpc) is 3.28. The number of anilines is 1. The molecular formula is C16H19N7O. The first-order valence-corrected chi connectivity index (χ1v) is 8.01. The van der Waals surface area contributed by atoms with Crippen LogP contribution in [0, 0.1) is 6.92 Å². The highest BCUT2D eigenvalue weighted by molar-refractivity contribution is 5.43. The van der Waals surface area contributed by atoms with Gasteiger partial charge in [0, 0.05) is 45.5 Å². The van der Waals surface area contributed by atoms with E-state index in [1.807, 2.05) is 37.4 Å². The average molecular weight is 325 g/mol. The summed E-state index contributed by atoms with van der Waals surface area (Å²) in [7, 11) is 0. The Hall–Kier alpha value is -2.74. The van der Waals surface area contributed by atoms with Crippen LogP contribution in [0.2, 0.25) is 0 Å². The van der Waals surface area contributed by atoms with Gasteiger partial charge in [-0.2, -0.15) is 5.10 Å². The van der Waals surface area contributed by atoms with Crippen molar-refractivity contribution in [2.24, 2.45) is 0 Å². The van der Waals surface area contributed by atoms with Crippen molar-refractivity contribution in [3.8, 4) is 5.82 Å². The van der Waals surface area contributed by atoms with Crippen molar-refractivity contribution in [2.75, 3.05) is 31.1 Å². The molecule has 0 unspecified atom stereocenters. The third-order valence-corrected chi connectivity index (χ3v) is 4.08. The van der Waals surface area contributed by atoms with Gasteiger partial charge in [-0.25, -0.2) is 9.67 Å². The van der Waals surface area contributed by atoms with Gasteiger partial charge < -0.3 is 9.32 Å². The topological polar surface area (TPSA) is 76.1 Å². The lowest BCUT2D eigenvalue weighted by atomic mass is 10.3. The lowest BCUT2D eigenvalue weighted by molar-refractivity contribution is 0.224. The summed E-state index contributed by atoms with van der Waals surface area (Å²) in [5.41, 5.74) is 0. The van der Waals surface area contributed by atoms with E-state index in [0.717, 1.165) is 37.8 Å². The zero-order chi connectivity index (χ0) is 16.4. The highest BCUT2D eigenvalue weighted by Crippen LogP contribution is 2.16. The molecule has 1 aliphatic rings. The number of rotatable bonds is 4. The SMILES string of the molecule is Cc1nnc(CN2CCN(c3cccc(-n4cccn4)n3)CC2)o1. The molecule has 3 aromatic rings. The van der Waals surface area contributed by atoms with Crippen LogP contribution in [0.1, 0.15) is 11.8 Å². The van der Waals surface area contributed by atoms with Gasteiger partial charge in [-0.05, 0) is 18.2 Å². The molecule has 1 fully saturated rings. The summed E-state index contributed by atoms with van der Waals surface area (Å²) in [4.78, 5) is 9.33. The fourth-order valence-electron chi connectivity index (χ4n) is 2.85. The van der Waals surface area contributed by atoms with Crippen LogP contribution in [0.4, 0.5) is 5.82 Å². The first kappa shape index (κ1) is 14.8. The maximum atomic E-state index is 5.46. The number of piperazine rings is 1. The molecule has 1 saturated heterocycles. The van der Waals surface area contributed by atoms with E-state index < -0.39 is 0 Å². The summed E-state index contributed by atoms with van der Waals surface area (Å²) in [5, 5.41) is 12.2. The number of nitrogens with zero attached hydrogens (tertiary/aromatic N) is 7. The molecule has 0 radical (unpaired) electrons. The van der Waals surface area contributed by atoms with E-state index in [0.29, 0.717) is 18.3 Å². The largest absolute Gasteiger partial charge is 0.424 e. The van der Waals surface area contributed by atoms with E-state index in [2.05, 4.69) is 25.1 Å². The fourth-order valence-corrected chi connectivity index (χ4v) is 2.85. The van der Waals surface area contributed by atoms with Gasteiger partial charge in [-0.3, -0.25) is 4.90 Å². The third kappa shape index (κ3) is 3.13. The van der Waals surface area contributed by atoms with Gasteiger partial charge in [0.15, 0.2) is 5.82 Å². The number of hydrogen-bond acceptors (Lipinski definition) is 7. The van der Waals surface area contributed by atoms with E-state index in [1.54, 1.807) is 10.9 Å². The van der Waals surface area contributed by atoms with Gasteiger partial charge in [0.05, 0.1) is 6.54 Å². The first-order chi connectivity index (χ1) is 11.8. The Morgan fingerprint density at radius 2 is 1.88 bits per heavy atom. The molecule has 0 spiro atoms. The van der Waals surface area contributed by atoms with Gasteiger partial charge >= 0.3 is 0 Å². The van der Waals surface area contributed by atoms with Crippen molar-refractivity contribution in [3.63, 3.8) is 0 Å². The van der Waals surface area contributed by atoms with Crippen molar-refractivity contribution >= 4 is 5.82 Å². The van der Waals surface area contributed by atoms with Gasteiger partial charge in [0.25, 0.3) is 0 Å². The van der Waals surface area contributed by atoms with Crippen molar-refractivity contribution in [1.29, 1.82) is 0 Å². The molecule has 0 aromatic carbocycles. The predicted octanol–water partition coefficient (Wildman–Crippen LogP) is 1.28. The van der Waals surface area contributed by atoms with Crippen LogP contribution in [0.25, 0.3) is 5.82 Å². The van der Waals surface area contributed by atoms with Crippen molar-refractivity contribution < 1.29 is 4.42 Å². The van der Waals surface area contributed by atoms with Crippen LogP contribution in [0.5, 0.6) is 0 Å². The zero-order valence-electron chi connectivity index (χ0n) is 13.5. The molecule has 8 nitrogen and oxygen atoms in total. The van der Waals surface area contributed by atoms with Crippen LogP contribution < -0.4 is 4.90 Å². The standard InChI is InChI=1S/C16H19N7O/c1-13-19-20-16(24-13)12-21-8-10-22(11-9-21)14-4-2-5-15(18-14)23-7-3-6-17-23/h2-7H,8-12H2,1H3. The van der Waals surface area contributed by atoms with Crippen LogP contribution >= 0.6 is 0 Å². The second-order valence-electron chi connectivity index (χ2n) is 5.78. The second-order valence-corrected chi connectivity index (χ2v) is 5.78. The molecule has 24 heavy (non-hydrogen) atoms. The summed E-state index contributed by atoms with van der Waals surface area (Å²) in [6.07, 6.45) is 3.66. The maximum absolute atomic E-state index is 5.46. The molecule has 4 heterocycles. The zero-order valence-corrected chi connectivity index (χ0v) is 13.5. The number of hydrogen-bond donors (Lipinski definition) is 0. The van der Waals surface area contributed by atoms with Crippen LogP contribution in [-0.2, 0) is 6.54 Å². The highest BCUT2D eigenvalue weighted by atomic mass is 16.4. The first-order valence-electron chi connectivity index (χ1n) is 8.01. The van der Waals surface area contributed by atoms with Crippen LogP contribution in [0.3, 0.4) is 0 Å². The molecule has 124 valence electrons. The summed E-state index contributed by atoms with van der Waals surface area (Å²) in [6.45, 7) is 6.23. The number of aromatic nitrogens is 5. The molecule has 0 atom stereocenters. The van der Waals surface area contributed by atoms with E-state index in [4.69, 9.17) is 9.40 Å². The Bertz CT molecular complexity index is 790. The fraction of sp³-hybridized carbons (Fsp3) is 0.375. The molecular weight excluding hydrogens is 306 g/mol. The minimum absolute atomic E-state index is 0.614. The van der Waals surface area contributed by atoms with Crippen LogP contribution in [0.15, 0.2) is 41.1 Å². The van der Waals surface area contributed by atoms with Gasteiger partial charge in [-0.1, -0.05) is 6.07 Å². The monoisotopic (exact) mass is 325 g/mol. The van der Waals surface area contributed by atoms with Crippen LogP contribution in [-0.4, -0.2) is 56.0 Å². The Labute approximate surface area is 139 Å². The van der Waals surface area contributed by atoms with Gasteiger partial charge in [-0.15, -0.1) is 10.2 Å². The summed E-state index contributed by atoms with van der Waals surface area (Å²) < 4.78 is 7.23. The highest BCUT2D eigenvalue weighted by Gasteiger charge is 2.20. The minimum Gasteiger partial charge on any atom is -0.424 e. The van der Waals surface area contributed by atoms with Crippen molar-refractivity contribution in [1.82, 2.24) is 29.9 Å². The van der Waals surface area contributed by atoms with Crippen molar-refractivity contribution in [3.05, 3.63) is 48.4 Å². The molecule has 0 saturated carbocycles. The Kier molecular flexibility index (Phi) is 3.96. The lowest BCUT2D eigenvalue weighted by Gasteiger charge is -2.34. The molecule has 0 aliphatic carbocycles. The Balaban J connectivity index is 1.40. The van der Waals surface area contributed by atoms with E-state index in [1.165, 1.54) is 0 Å². The van der Waals surface area contributed by atoms with Gasteiger partial charge in [0.2, 0.25) is 11.8 Å². The minimum atomic E-state index is 0.614. The molecule has 0 N–H and O–H groups in total. The van der Waals surface area contributed by atoms with Crippen molar-refractivity contribution in [2.45, 2.75) is 13.5 Å². The predicted molar refractivity (Wildman–Crippen MR) is 87.9 cm³/mol. The molecule has 3 aromatic heterocycles. The molecule has 1 aliphatic heterocycles. The second kappa shape index (κ2) is 6.40. The maximum Gasteiger partial charge on any atom is 0.230 e. The Morgan fingerprint density at radius 1 is 1.04 bits per heavy atom. The molecule has 0 amide bonds. The van der Waals surface area contributed by atoms with E-state index in [9.17, 15) is 0 Å². The summed E-state index contributed by atoms with van der Waals surface area (Å²) in [5.74, 6) is 3.11. The molecule has 8 heteroatoms. The summed E-state index contributed by atoms with van der Waals surface area (Å²) in [6, 6.07) is 7.92. The quantitative estimate of drug-likeness (QED) is 0.715. The van der Waals surface area contributed by atoms with Gasteiger partial charge in [0.1, 0.15) is 5.82 Å². The third-order valence-electron chi connectivity index (χ3n) is 4.08. The summed E-state index contributed by atoms with van der Waals surface area (Å²) >= 11 is 0. The number of aryl methyl sites for hydroxylation is 1. The normalized spacial score (nSPS) is 15.8. The molecule has 4 rings (SSSR count). The lowest BCUT2D eigenvalue weighted by Crippen LogP contribution is -2.46. The van der Waals surface area contributed by atoms with E-state index >= 15 is 0 Å². The van der Waals surface area contributed by atoms with E-state index in [-0.39, 0.29) is 0 Å².